The van der Waals surface area contributed by atoms with E-state index in [4.69, 9.17) is 4.74 Å². The van der Waals surface area contributed by atoms with E-state index < -0.39 is 0 Å². The van der Waals surface area contributed by atoms with Crippen LogP contribution in [-0.4, -0.2) is 20.4 Å². The van der Waals surface area contributed by atoms with Crippen LogP contribution >= 0.6 is 0 Å². The lowest BCUT2D eigenvalue weighted by Gasteiger charge is -2.07. The summed E-state index contributed by atoms with van der Waals surface area (Å²) >= 11 is 0. The van der Waals surface area contributed by atoms with Crippen molar-refractivity contribution in [1.29, 1.82) is 0 Å². The second-order valence-electron chi connectivity index (χ2n) is 4.58. The first-order chi connectivity index (χ1) is 10.4. The highest BCUT2D eigenvalue weighted by molar-refractivity contribution is 5.88. The zero-order valence-corrected chi connectivity index (χ0v) is 11.0. The molecule has 2 aromatic heterocycles. The van der Waals surface area contributed by atoms with Crippen molar-refractivity contribution in [2.45, 2.75) is 0 Å². The summed E-state index contributed by atoms with van der Waals surface area (Å²) in [5.74, 6) is 0.859. The van der Waals surface area contributed by atoms with Gasteiger partial charge in [0.1, 0.15) is 0 Å². The molecule has 2 aromatic carbocycles. The Labute approximate surface area is 120 Å². The lowest BCUT2D eigenvalue weighted by molar-refractivity contribution is 0.443. The zero-order valence-electron chi connectivity index (χ0n) is 11.0. The summed E-state index contributed by atoms with van der Waals surface area (Å²) < 4.78 is 5.86. The molecule has 0 fully saturated rings. The van der Waals surface area contributed by atoms with Gasteiger partial charge in [-0.3, -0.25) is 0 Å². The molecule has 0 amide bonds. The molecular formula is C16H10N4O. The Morgan fingerprint density at radius 3 is 1.62 bits per heavy atom. The predicted octanol–water partition coefficient (Wildman–Crippen LogP) is 3.37. The Morgan fingerprint density at radius 2 is 1.10 bits per heavy atom. The first kappa shape index (κ1) is 11.7. The number of aromatic nitrogens is 4. The molecule has 0 atom stereocenters. The highest BCUT2D eigenvalue weighted by atomic mass is 16.5. The smallest absolute Gasteiger partial charge is 0.248 e. The summed E-state index contributed by atoms with van der Waals surface area (Å²) in [5.41, 5.74) is 0. The van der Waals surface area contributed by atoms with Gasteiger partial charge in [0, 0.05) is 21.5 Å². The summed E-state index contributed by atoms with van der Waals surface area (Å²) in [6.07, 6.45) is 3.41. The minimum Gasteiger partial charge on any atom is -0.416 e. The maximum absolute atomic E-state index is 5.86. The molecular weight excluding hydrogens is 264 g/mol. The van der Waals surface area contributed by atoms with E-state index in [-0.39, 0.29) is 0 Å². The summed E-state index contributed by atoms with van der Waals surface area (Å²) in [7, 11) is 0. The quantitative estimate of drug-likeness (QED) is 0.561. The lowest BCUT2D eigenvalue weighted by Crippen LogP contribution is -1.95. The van der Waals surface area contributed by atoms with Crippen molar-refractivity contribution in [3.8, 4) is 11.8 Å². The van der Waals surface area contributed by atoms with Crippen LogP contribution in [0.5, 0.6) is 11.8 Å². The average molecular weight is 274 g/mol. The number of fused-ring (bicyclic) bond motifs is 2. The van der Waals surface area contributed by atoms with E-state index in [0.717, 1.165) is 21.5 Å². The number of benzene rings is 2. The van der Waals surface area contributed by atoms with Crippen molar-refractivity contribution in [1.82, 2.24) is 20.4 Å². The van der Waals surface area contributed by atoms with Crippen LogP contribution in [0.4, 0.5) is 0 Å². The van der Waals surface area contributed by atoms with E-state index in [0.29, 0.717) is 11.8 Å². The molecule has 4 rings (SSSR count). The molecule has 0 spiro atoms. The van der Waals surface area contributed by atoms with Crippen molar-refractivity contribution in [3.63, 3.8) is 0 Å². The SMILES string of the molecule is c1ccc2c(Oc3nncc4ccccc34)nncc2c1. The molecule has 5 nitrogen and oxygen atoms in total. The highest BCUT2D eigenvalue weighted by Gasteiger charge is 2.09. The van der Waals surface area contributed by atoms with E-state index in [1.165, 1.54) is 0 Å². The molecule has 0 saturated carbocycles. The zero-order chi connectivity index (χ0) is 14.1. The Morgan fingerprint density at radius 1 is 0.619 bits per heavy atom. The minimum atomic E-state index is 0.429. The fourth-order valence-electron chi connectivity index (χ4n) is 2.25. The van der Waals surface area contributed by atoms with Gasteiger partial charge in [-0.1, -0.05) is 36.4 Å². The molecule has 0 saturated heterocycles. The van der Waals surface area contributed by atoms with Gasteiger partial charge >= 0.3 is 0 Å². The number of nitrogens with zero attached hydrogens (tertiary/aromatic N) is 4. The van der Waals surface area contributed by atoms with Crippen LogP contribution in [0.2, 0.25) is 0 Å². The molecule has 21 heavy (non-hydrogen) atoms. The van der Waals surface area contributed by atoms with Crippen LogP contribution in [0, 0.1) is 0 Å². The van der Waals surface area contributed by atoms with Gasteiger partial charge in [0.05, 0.1) is 12.4 Å². The van der Waals surface area contributed by atoms with Gasteiger partial charge < -0.3 is 4.74 Å². The van der Waals surface area contributed by atoms with Crippen molar-refractivity contribution in [3.05, 3.63) is 60.9 Å². The Hall–Kier alpha value is -3.08. The van der Waals surface area contributed by atoms with Crippen molar-refractivity contribution >= 4 is 21.5 Å². The Bertz CT molecular complexity index is 851. The molecule has 0 aliphatic rings. The van der Waals surface area contributed by atoms with Crippen LogP contribution in [0.1, 0.15) is 0 Å². The van der Waals surface area contributed by atoms with Gasteiger partial charge in [-0.05, 0) is 12.1 Å². The average Bonchev–Trinajstić information content (AvgIpc) is 2.56. The van der Waals surface area contributed by atoms with Crippen LogP contribution in [0.3, 0.4) is 0 Å². The van der Waals surface area contributed by atoms with Crippen molar-refractivity contribution < 1.29 is 4.74 Å². The molecule has 0 aliphatic heterocycles. The molecule has 0 bridgehead atoms. The minimum absolute atomic E-state index is 0.429. The molecule has 0 radical (unpaired) electrons. The molecule has 0 unspecified atom stereocenters. The second kappa shape index (κ2) is 4.79. The summed E-state index contributed by atoms with van der Waals surface area (Å²) in [5, 5.41) is 19.8. The summed E-state index contributed by atoms with van der Waals surface area (Å²) in [6.45, 7) is 0. The maximum Gasteiger partial charge on any atom is 0.248 e. The first-order valence-corrected chi connectivity index (χ1v) is 6.50. The third-order valence-corrected chi connectivity index (χ3v) is 3.27. The van der Waals surface area contributed by atoms with Gasteiger partial charge in [-0.2, -0.15) is 10.2 Å². The molecule has 0 N–H and O–H groups in total. The number of rotatable bonds is 2. The number of ether oxygens (including phenoxy) is 1. The standard InChI is InChI=1S/C16H10N4O/c1-3-7-13-11(5-1)9-17-19-15(13)21-16-14-8-4-2-6-12(14)10-18-20-16/h1-10H. The van der Waals surface area contributed by atoms with E-state index in [2.05, 4.69) is 20.4 Å². The Balaban J connectivity index is 1.87. The first-order valence-electron chi connectivity index (χ1n) is 6.50. The fourth-order valence-corrected chi connectivity index (χ4v) is 2.25. The topological polar surface area (TPSA) is 60.8 Å². The molecule has 2 heterocycles. The number of hydrogen-bond acceptors (Lipinski definition) is 5. The molecule has 0 aliphatic carbocycles. The van der Waals surface area contributed by atoms with E-state index >= 15 is 0 Å². The van der Waals surface area contributed by atoms with Crippen molar-refractivity contribution in [2.75, 3.05) is 0 Å². The van der Waals surface area contributed by atoms with Gasteiger partial charge in [0.2, 0.25) is 11.8 Å². The lowest BCUT2D eigenvalue weighted by atomic mass is 10.2. The van der Waals surface area contributed by atoms with Crippen LogP contribution in [0.15, 0.2) is 60.9 Å². The normalized spacial score (nSPS) is 10.9. The summed E-state index contributed by atoms with van der Waals surface area (Å²) in [6, 6.07) is 15.6. The van der Waals surface area contributed by atoms with E-state index in [1.807, 2.05) is 48.5 Å². The van der Waals surface area contributed by atoms with Gasteiger partial charge in [0.15, 0.2) is 0 Å². The third-order valence-electron chi connectivity index (χ3n) is 3.27. The second-order valence-corrected chi connectivity index (χ2v) is 4.58. The van der Waals surface area contributed by atoms with Gasteiger partial charge in [-0.15, -0.1) is 10.2 Å². The van der Waals surface area contributed by atoms with Crippen LogP contribution in [0.25, 0.3) is 21.5 Å². The summed E-state index contributed by atoms with van der Waals surface area (Å²) in [4.78, 5) is 0. The third kappa shape index (κ3) is 2.04. The van der Waals surface area contributed by atoms with E-state index in [1.54, 1.807) is 12.4 Å². The monoisotopic (exact) mass is 274 g/mol. The molecule has 4 aromatic rings. The predicted molar refractivity (Wildman–Crippen MR) is 79.2 cm³/mol. The van der Waals surface area contributed by atoms with Crippen molar-refractivity contribution in [2.24, 2.45) is 0 Å². The maximum atomic E-state index is 5.86. The fraction of sp³-hybridized carbons (Fsp3) is 0. The number of hydrogen-bond donors (Lipinski definition) is 0. The van der Waals surface area contributed by atoms with Crippen LogP contribution in [-0.2, 0) is 0 Å². The van der Waals surface area contributed by atoms with E-state index in [9.17, 15) is 0 Å². The van der Waals surface area contributed by atoms with Crippen LogP contribution < -0.4 is 4.74 Å². The van der Waals surface area contributed by atoms with Gasteiger partial charge in [0.25, 0.3) is 0 Å². The Kier molecular flexibility index (Phi) is 2.67. The molecule has 5 heteroatoms. The largest absolute Gasteiger partial charge is 0.416 e. The van der Waals surface area contributed by atoms with Gasteiger partial charge in [-0.25, -0.2) is 0 Å². The molecule has 100 valence electrons. The highest BCUT2D eigenvalue weighted by Crippen LogP contribution is 2.29.